The molecule has 2 N–H and O–H groups in total. The molecule has 1 aromatic carbocycles. The third-order valence-electron chi connectivity index (χ3n) is 2.86. The van der Waals surface area contributed by atoms with Gasteiger partial charge >= 0.3 is 0 Å². The number of carbonyl (C=O) groups is 1. The normalized spacial score (nSPS) is 11.9. The maximum Gasteiger partial charge on any atom is 0.263 e. The highest BCUT2D eigenvalue weighted by atomic mass is 32.1. The number of aromatic nitrogens is 1. The highest BCUT2D eigenvalue weighted by Crippen LogP contribution is 2.23. The second-order valence-corrected chi connectivity index (χ2v) is 5.29. The molecule has 0 aliphatic heterocycles. The van der Waals surface area contributed by atoms with Crippen molar-refractivity contribution < 1.29 is 4.79 Å². The van der Waals surface area contributed by atoms with Gasteiger partial charge in [-0.2, -0.15) is 0 Å². The van der Waals surface area contributed by atoms with E-state index < -0.39 is 0 Å². The summed E-state index contributed by atoms with van der Waals surface area (Å²) < 4.78 is 0. The summed E-state index contributed by atoms with van der Waals surface area (Å²) in [5.74, 6) is -0.0761. The monoisotopic (exact) mass is 275 g/mol. The number of anilines is 1. The van der Waals surface area contributed by atoms with Crippen LogP contribution < -0.4 is 10.6 Å². The Morgan fingerprint density at radius 3 is 2.58 bits per heavy atom. The SMILES string of the molecule is CNc1nc(C)c(C(=O)NC(C)c2ccccc2)s1. The summed E-state index contributed by atoms with van der Waals surface area (Å²) in [6, 6.07) is 9.88. The first kappa shape index (κ1) is 13.5. The summed E-state index contributed by atoms with van der Waals surface area (Å²) in [7, 11) is 1.80. The van der Waals surface area contributed by atoms with E-state index in [-0.39, 0.29) is 11.9 Å². The van der Waals surface area contributed by atoms with Crippen LogP contribution in [0.15, 0.2) is 30.3 Å². The average Bonchev–Trinajstić information content (AvgIpc) is 2.81. The summed E-state index contributed by atoms with van der Waals surface area (Å²) in [4.78, 5) is 17.1. The Balaban J connectivity index is 2.10. The number of benzene rings is 1. The topological polar surface area (TPSA) is 54.0 Å². The number of carbonyl (C=O) groups excluding carboxylic acids is 1. The van der Waals surface area contributed by atoms with Crippen LogP contribution in [0.5, 0.6) is 0 Å². The highest BCUT2D eigenvalue weighted by molar-refractivity contribution is 7.17. The molecular formula is C14H17N3OS. The van der Waals surface area contributed by atoms with Crippen molar-refractivity contribution in [3.63, 3.8) is 0 Å². The molecule has 0 aliphatic rings. The summed E-state index contributed by atoms with van der Waals surface area (Å²) in [5.41, 5.74) is 1.85. The average molecular weight is 275 g/mol. The molecule has 0 spiro atoms. The van der Waals surface area contributed by atoms with Crippen LogP contribution in [0, 0.1) is 6.92 Å². The molecule has 5 heteroatoms. The molecule has 1 atom stereocenters. The Bertz CT molecular complexity index is 565. The van der Waals surface area contributed by atoms with Crippen LogP contribution in [0.2, 0.25) is 0 Å². The summed E-state index contributed by atoms with van der Waals surface area (Å²) in [6.45, 7) is 3.82. The molecule has 0 fully saturated rings. The lowest BCUT2D eigenvalue weighted by atomic mass is 10.1. The van der Waals surface area contributed by atoms with Crippen LogP contribution in [-0.4, -0.2) is 17.9 Å². The number of rotatable bonds is 4. The number of nitrogens with zero attached hydrogens (tertiary/aromatic N) is 1. The van der Waals surface area contributed by atoms with Gasteiger partial charge in [0, 0.05) is 7.05 Å². The van der Waals surface area contributed by atoms with Gasteiger partial charge in [-0.3, -0.25) is 4.79 Å². The number of thiazole rings is 1. The van der Waals surface area contributed by atoms with E-state index in [4.69, 9.17) is 0 Å². The minimum absolute atomic E-state index is 0.0202. The third kappa shape index (κ3) is 3.12. The zero-order chi connectivity index (χ0) is 13.8. The first-order valence-electron chi connectivity index (χ1n) is 6.12. The van der Waals surface area contributed by atoms with Crippen LogP contribution >= 0.6 is 11.3 Å². The molecule has 2 rings (SSSR count). The molecule has 1 unspecified atom stereocenters. The van der Waals surface area contributed by atoms with E-state index in [9.17, 15) is 4.79 Å². The minimum Gasteiger partial charge on any atom is -0.365 e. The Morgan fingerprint density at radius 2 is 2.00 bits per heavy atom. The highest BCUT2D eigenvalue weighted by Gasteiger charge is 2.17. The fourth-order valence-corrected chi connectivity index (χ4v) is 2.62. The van der Waals surface area contributed by atoms with Gasteiger partial charge in [0.25, 0.3) is 5.91 Å². The molecule has 0 saturated carbocycles. The van der Waals surface area contributed by atoms with Gasteiger partial charge in [0.1, 0.15) is 4.88 Å². The minimum atomic E-state index is -0.0761. The summed E-state index contributed by atoms with van der Waals surface area (Å²) >= 11 is 1.37. The Morgan fingerprint density at radius 1 is 1.32 bits per heavy atom. The van der Waals surface area contributed by atoms with Crippen molar-refractivity contribution in [1.82, 2.24) is 10.3 Å². The predicted octanol–water partition coefficient (Wildman–Crippen LogP) is 2.98. The van der Waals surface area contributed by atoms with Crippen LogP contribution in [-0.2, 0) is 0 Å². The van der Waals surface area contributed by atoms with E-state index in [1.54, 1.807) is 7.05 Å². The van der Waals surface area contributed by atoms with Crippen molar-refractivity contribution in [3.8, 4) is 0 Å². The lowest BCUT2D eigenvalue weighted by Crippen LogP contribution is -2.26. The number of hydrogen-bond acceptors (Lipinski definition) is 4. The Hall–Kier alpha value is -1.88. The number of amides is 1. The molecule has 1 aromatic heterocycles. The number of nitrogens with one attached hydrogen (secondary N) is 2. The molecule has 100 valence electrons. The van der Waals surface area contributed by atoms with Gasteiger partial charge in [-0.05, 0) is 19.4 Å². The zero-order valence-corrected chi connectivity index (χ0v) is 12.0. The quantitative estimate of drug-likeness (QED) is 0.902. The molecule has 0 radical (unpaired) electrons. The number of aryl methyl sites for hydroxylation is 1. The summed E-state index contributed by atoms with van der Waals surface area (Å²) in [6.07, 6.45) is 0. The van der Waals surface area contributed by atoms with Crippen molar-refractivity contribution in [1.29, 1.82) is 0 Å². The van der Waals surface area contributed by atoms with Crippen molar-refractivity contribution >= 4 is 22.4 Å². The smallest absolute Gasteiger partial charge is 0.263 e. The maximum absolute atomic E-state index is 12.2. The largest absolute Gasteiger partial charge is 0.365 e. The van der Waals surface area contributed by atoms with Crippen LogP contribution in [0.25, 0.3) is 0 Å². The van der Waals surface area contributed by atoms with Gasteiger partial charge in [-0.15, -0.1) is 0 Å². The maximum atomic E-state index is 12.2. The Labute approximate surface area is 116 Å². The molecule has 4 nitrogen and oxygen atoms in total. The van der Waals surface area contributed by atoms with Crippen molar-refractivity contribution in [2.24, 2.45) is 0 Å². The van der Waals surface area contributed by atoms with Crippen LogP contribution in [0.3, 0.4) is 0 Å². The molecule has 1 amide bonds. The summed E-state index contributed by atoms with van der Waals surface area (Å²) in [5, 5.41) is 6.71. The van der Waals surface area contributed by atoms with E-state index >= 15 is 0 Å². The first-order chi connectivity index (χ1) is 9.11. The fraction of sp³-hybridized carbons (Fsp3) is 0.286. The second kappa shape index (κ2) is 5.84. The molecule has 1 heterocycles. The van der Waals surface area contributed by atoms with Gasteiger partial charge in [-0.25, -0.2) is 4.98 Å². The standard InChI is InChI=1S/C14H17N3OS/c1-9(11-7-5-4-6-8-11)16-13(18)12-10(2)17-14(15-3)19-12/h4-9H,1-3H3,(H,15,17)(H,16,18). The van der Waals surface area contributed by atoms with Crippen molar-refractivity contribution in [2.75, 3.05) is 12.4 Å². The van der Waals surface area contributed by atoms with E-state index in [2.05, 4.69) is 15.6 Å². The van der Waals surface area contributed by atoms with E-state index in [1.807, 2.05) is 44.2 Å². The van der Waals surface area contributed by atoms with Crippen LogP contribution in [0.1, 0.15) is 33.9 Å². The zero-order valence-electron chi connectivity index (χ0n) is 11.2. The van der Waals surface area contributed by atoms with Crippen molar-refractivity contribution in [3.05, 3.63) is 46.5 Å². The predicted molar refractivity (Wildman–Crippen MR) is 78.7 cm³/mol. The number of hydrogen-bond donors (Lipinski definition) is 2. The van der Waals surface area contributed by atoms with E-state index in [0.29, 0.717) is 4.88 Å². The molecule has 0 saturated heterocycles. The van der Waals surface area contributed by atoms with Gasteiger partial charge in [0.05, 0.1) is 11.7 Å². The lowest BCUT2D eigenvalue weighted by Gasteiger charge is -2.13. The fourth-order valence-electron chi connectivity index (χ4n) is 1.80. The molecule has 0 bridgehead atoms. The second-order valence-electron chi connectivity index (χ2n) is 4.29. The molecule has 2 aromatic rings. The van der Waals surface area contributed by atoms with E-state index in [0.717, 1.165) is 16.4 Å². The van der Waals surface area contributed by atoms with Gasteiger partial charge < -0.3 is 10.6 Å². The van der Waals surface area contributed by atoms with E-state index in [1.165, 1.54) is 11.3 Å². The van der Waals surface area contributed by atoms with Gasteiger partial charge in [0.15, 0.2) is 5.13 Å². The molecule has 0 aliphatic carbocycles. The Kier molecular flexibility index (Phi) is 4.16. The van der Waals surface area contributed by atoms with Gasteiger partial charge in [-0.1, -0.05) is 41.7 Å². The van der Waals surface area contributed by atoms with Crippen molar-refractivity contribution in [2.45, 2.75) is 19.9 Å². The molecule has 19 heavy (non-hydrogen) atoms. The first-order valence-corrected chi connectivity index (χ1v) is 6.94. The third-order valence-corrected chi connectivity index (χ3v) is 4.04. The lowest BCUT2D eigenvalue weighted by molar-refractivity contribution is 0.0943. The molecular weight excluding hydrogens is 258 g/mol. The van der Waals surface area contributed by atoms with Gasteiger partial charge in [0.2, 0.25) is 0 Å². The van der Waals surface area contributed by atoms with Crippen LogP contribution in [0.4, 0.5) is 5.13 Å².